The average molecular weight is 303 g/mol. The number of anilines is 1. The van der Waals surface area contributed by atoms with Gasteiger partial charge in [0.15, 0.2) is 11.6 Å². The SMILES string of the molecule is CCc1ncnc(NCCn2cnc(C3CC3)cc2=O)c1F. The predicted octanol–water partition coefficient (Wildman–Crippen LogP) is 1.72. The number of halogens is 1. The van der Waals surface area contributed by atoms with Gasteiger partial charge in [0, 0.05) is 25.1 Å². The van der Waals surface area contributed by atoms with E-state index in [1.54, 1.807) is 12.4 Å². The van der Waals surface area contributed by atoms with E-state index >= 15 is 0 Å². The van der Waals surface area contributed by atoms with E-state index in [1.165, 1.54) is 10.9 Å². The van der Waals surface area contributed by atoms with Gasteiger partial charge in [0.1, 0.15) is 6.33 Å². The van der Waals surface area contributed by atoms with Crippen molar-refractivity contribution in [3.63, 3.8) is 0 Å². The third-order valence-corrected chi connectivity index (χ3v) is 3.74. The Kier molecular flexibility index (Phi) is 4.13. The molecule has 0 radical (unpaired) electrons. The van der Waals surface area contributed by atoms with Crippen molar-refractivity contribution in [1.29, 1.82) is 0 Å². The fourth-order valence-corrected chi connectivity index (χ4v) is 2.28. The topological polar surface area (TPSA) is 72.7 Å². The molecule has 1 aliphatic carbocycles. The summed E-state index contributed by atoms with van der Waals surface area (Å²) in [6.07, 6.45) is 5.64. The molecule has 0 unspecified atom stereocenters. The molecule has 22 heavy (non-hydrogen) atoms. The molecule has 0 bridgehead atoms. The number of hydrogen-bond acceptors (Lipinski definition) is 5. The molecular formula is C15H18FN5O. The van der Waals surface area contributed by atoms with Crippen LogP contribution in [0, 0.1) is 5.82 Å². The van der Waals surface area contributed by atoms with Crippen molar-refractivity contribution >= 4 is 5.82 Å². The zero-order valence-electron chi connectivity index (χ0n) is 12.4. The number of aryl methyl sites for hydroxylation is 1. The third-order valence-electron chi connectivity index (χ3n) is 3.74. The van der Waals surface area contributed by atoms with Crippen LogP contribution >= 0.6 is 0 Å². The molecule has 0 spiro atoms. The van der Waals surface area contributed by atoms with Crippen molar-refractivity contribution in [2.45, 2.75) is 38.6 Å². The van der Waals surface area contributed by atoms with Crippen LogP contribution in [0.5, 0.6) is 0 Å². The van der Waals surface area contributed by atoms with Gasteiger partial charge in [-0.3, -0.25) is 9.36 Å². The first-order valence-electron chi connectivity index (χ1n) is 7.48. The summed E-state index contributed by atoms with van der Waals surface area (Å²) in [7, 11) is 0. The Bertz CT molecular complexity index is 726. The van der Waals surface area contributed by atoms with Crippen molar-refractivity contribution in [1.82, 2.24) is 19.5 Å². The normalized spacial score (nSPS) is 14.1. The van der Waals surface area contributed by atoms with Gasteiger partial charge in [-0.15, -0.1) is 0 Å². The van der Waals surface area contributed by atoms with Crippen LogP contribution in [0.15, 0.2) is 23.5 Å². The van der Waals surface area contributed by atoms with Crippen molar-refractivity contribution in [2.24, 2.45) is 0 Å². The molecule has 0 aromatic carbocycles. The first kappa shape index (κ1) is 14.6. The fourth-order valence-electron chi connectivity index (χ4n) is 2.28. The van der Waals surface area contributed by atoms with Gasteiger partial charge in [0.05, 0.1) is 17.7 Å². The first-order valence-corrected chi connectivity index (χ1v) is 7.48. The summed E-state index contributed by atoms with van der Waals surface area (Å²) >= 11 is 0. The lowest BCUT2D eigenvalue weighted by molar-refractivity contribution is 0.593. The maximum Gasteiger partial charge on any atom is 0.253 e. The first-order chi connectivity index (χ1) is 10.7. The smallest absolute Gasteiger partial charge is 0.253 e. The van der Waals surface area contributed by atoms with Crippen LogP contribution in [0.1, 0.15) is 37.1 Å². The number of aromatic nitrogens is 4. The van der Waals surface area contributed by atoms with Crippen LogP contribution in [0.2, 0.25) is 0 Å². The Labute approximate surface area is 127 Å². The molecule has 3 rings (SSSR count). The minimum Gasteiger partial charge on any atom is -0.366 e. The number of hydrogen-bond donors (Lipinski definition) is 1. The zero-order chi connectivity index (χ0) is 15.5. The Hall–Kier alpha value is -2.31. The molecular weight excluding hydrogens is 285 g/mol. The largest absolute Gasteiger partial charge is 0.366 e. The lowest BCUT2D eigenvalue weighted by atomic mass is 10.3. The van der Waals surface area contributed by atoms with E-state index in [1.807, 2.05) is 6.92 Å². The molecule has 6 nitrogen and oxygen atoms in total. The average Bonchev–Trinajstić information content (AvgIpc) is 3.35. The van der Waals surface area contributed by atoms with Gasteiger partial charge >= 0.3 is 0 Å². The summed E-state index contributed by atoms with van der Waals surface area (Å²) in [5.74, 6) is 0.199. The number of rotatable bonds is 6. The van der Waals surface area contributed by atoms with E-state index in [4.69, 9.17) is 0 Å². The monoisotopic (exact) mass is 303 g/mol. The predicted molar refractivity (Wildman–Crippen MR) is 80.3 cm³/mol. The molecule has 0 aliphatic heterocycles. The lowest BCUT2D eigenvalue weighted by Crippen LogP contribution is -2.24. The van der Waals surface area contributed by atoms with Gasteiger partial charge in [0.2, 0.25) is 0 Å². The Morgan fingerprint density at radius 2 is 2.18 bits per heavy atom. The summed E-state index contributed by atoms with van der Waals surface area (Å²) in [6, 6.07) is 1.60. The molecule has 1 N–H and O–H groups in total. The fraction of sp³-hybridized carbons (Fsp3) is 0.467. The molecule has 116 valence electrons. The van der Waals surface area contributed by atoms with Crippen molar-refractivity contribution in [3.05, 3.63) is 46.3 Å². The molecule has 0 amide bonds. The quantitative estimate of drug-likeness (QED) is 0.879. The second-order valence-corrected chi connectivity index (χ2v) is 5.38. The van der Waals surface area contributed by atoms with Crippen LogP contribution < -0.4 is 10.9 Å². The van der Waals surface area contributed by atoms with Gasteiger partial charge < -0.3 is 5.32 Å². The van der Waals surface area contributed by atoms with Gasteiger partial charge in [-0.05, 0) is 19.3 Å². The van der Waals surface area contributed by atoms with Crippen LogP contribution in [-0.4, -0.2) is 26.1 Å². The van der Waals surface area contributed by atoms with Crippen LogP contribution in [0.4, 0.5) is 10.2 Å². The summed E-state index contributed by atoms with van der Waals surface area (Å²) < 4.78 is 15.5. The molecule has 1 fully saturated rings. The number of nitrogens with zero attached hydrogens (tertiary/aromatic N) is 4. The minimum absolute atomic E-state index is 0.0730. The molecule has 2 heterocycles. The maximum atomic E-state index is 14.0. The van der Waals surface area contributed by atoms with E-state index in [9.17, 15) is 9.18 Å². The molecule has 1 saturated carbocycles. The highest BCUT2D eigenvalue weighted by Crippen LogP contribution is 2.38. The Balaban J connectivity index is 1.62. The van der Waals surface area contributed by atoms with E-state index in [-0.39, 0.29) is 11.4 Å². The van der Waals surface area contributed by atoms with E-state index in [0.717, 1.165) is 18.5 Å². The summed E-state index contributed by atoms with van der Waals surface area (Å²) in [4.78, 5) is 24.0. The highest BCUT2D eigenvalue weighted by atomic mass is 19.1. The van der Waals surface area contributed by atoms with E-state index in [0.29, 0.717) is 31.1 Å². The van der Waals surface area contributed by atoms with Crippen LogP contribution in [-0.2, 0) is 13.0 Å². The molecule has 0 atom stereocenters. The molecule has 7 heteroatoms. The van der Waals surface area contributed by atoms with Gasteiger partial charge in [0.25, 0.3) is 5.56 Å². The second kappa shape index (κ2) is 6.21. The third kappa shape index (κ3) is 3.13. The molecule has 2 aromatic heterocycles. The summed E-state index contributed by atoms with van der Waals surface area (Å²) in [5, 5.41) is 2.90. The van der Waals surface area contributed by atoms with Crippen molar-refractivity contribution in [3.8, 4) is 0 Å². The zero-order valence-corrected chi connectivity index (χ0v) is 12.4. The van der Waals surface area contributed by atoms with E-state index in [2.05, 4.69) is 20.3 Å². The Morgan fingerprint density at radius 3 is 2.86 bits per heavy atom. The van der Waals surface area contributed by atoms with Gasteiger partial charge in [-0.1, -0.05) is 6.92 Å². The van der Waals surface area contributed by atoms with E-state index < -0.39 is 5.82 Å². The standard InChI is InChI=1S/C15H18FN5O/c1-2-11-14(16)15(19-8-18-11)17-5-6-21-9-20-12(7-13(21)22)10-3-4-10/h7-10H,2-6H2,1H3,(H,17,18,19). The summed E-state index contributed by atoms with van der Waals surface area (Å²) in [6.45, 7) is 2.63. The van der Waals surface area contributed by atoms with Crippen molar-refractivity contribution in [2.75, 3.05) is 11.9 Å². The molecule has 2 aromatic rings. The van der Waals surface area contributed by atoms with Crippen molar-refractivity contribution < 1.29 is 4.39 Å². The maximum absolute atomic E-state index is 14.0. The lowest BCUT2D eigenvalue weighted by Gasteiger charge is -2.09. The second-order valence-electron chi connectivity index (χ2n) is 5.38. The van der Waals surface area contributed by atoms with Gasteiger partial charge in [-0.2, -0.15) is 0 Å². The minimum atomic E-state index is -0.431. The Morgan fingerprint density at radius 1 is 1.36 bits per heavy atom. The number of nitrogens with one attached hydrogen (secondary N) is 1. The summed E-state index contributed by atoms with van der Waals surface area (Å²) in [5.41, 5.74) is 1.19. The highest BCUT2D eigenvalue weighted by molar-refractivity contribution is 5.37. The molecule has 1 aliphatic rings. The van der Waals surface area contributed by atoms with Crippen LogP contribution in [0.3, 0.4) is 0 Å². The highest BCUT2D eigenvalue weighted by Gasteiger charge is 2.25. The van der Waals surface area contributed by atoms with Gasteiger partial charge in [-0.25, -0.2) is 19.3 Å². The molecule has 0 saturated heterocycles. The van der Waals surface area contributed by atoms with Crippen LogP contribution in [0.25, 0.3) is 0 Å².